The Labute approximate surface area is 117 Å². The van der Waals surface area contributed by atoms with E-state index in [1.54, 1.807) is 0 Å². The number of anilines is 1. The monoisotopic (exact) mass is 283 g/mol. The Morgan fingerprint density at radius 3 is 2.84 bits per heavy atom. The van der Waals surface area contributed by atoms with Gasteiger partial charge in [0, 0.05) is 31.0 Å². The molecule has 0 aliphatic carbocycles. The predicted molar refractivity (Wildman–Crippen MR) is 75.6 cm³/mol. The molecule has 0 aromatic carbocycles. The lowest BCUT2D eigenvalue weighted by molar-refractivity contribution is -0.150. The second-order valence-corrected chi connectivity index (χ2v) is 6.26. The second-order valence-electron chi connectivity index (χ2n) is 5.53. The van der Waals surface area contributed by atoms with Gasteiger partial charge in [0.05, 0.1) is 5.41 Å². The van der Waals surface area contributed by atoms with Gasteiger partial charge in [-0.15, -0.1) is 0 Å². The van der Waals surface area contributed by atoms with E-state index in [1.165, 1.54) is 11.5 Å². The summed E-state index contributed by atoms with van der Waals surface area (Å²) in [5.41, 5.74) is -0.642. The maximum atomic E-state index is 11.6. The van der Waals surface area contributed by atoms with Crippen molar-refractivity contribution in [1.29, 1.82) is 0 Å². The van der Waals surface area contributed by atoms with Gasteiger partial charge in [-0.25, -0.2) is 4.98 Å². The van der Waals surface area contributed by atoms with Crippen molar-refractivity contribution in [3.8, 4) is 0 Å². The molecule has 0 spiro atoms. The molecule has 1 atom stereocenters. The molecule has 19 heavy (non-hydrogen) atoms. The molecule has 1 aliphatic rings. The van der Waals surface area contributed by atoms with Crippen LogP contribution in [0.1, 0.15) is 39.4 Å². The fraction of sp³-hybridized carbons (Fsp3) is 0.769. The third-order valence-electron chi connectivity index (χ3n) is 4.03. The Hall–Kier alpha value is -1.17. The third kappa shape index (κ3) is 2.59. The highest BCUT2D eigenvalue weighted by molar-refractivity contribution is 7.09. The van der Waals surface area contributed by atoms with Crippen molar-refractivity contribution >= 4 is 22.6 Å². The number of rotatable bonds is 5. The SMILES string of the molecule is CCCc1nsc(N2CCC(C(=O)O)(C(C)C)C2)n1. The Morgan fingerprint density at radius 1 is 1.58 bits per heavy atom. The van der Waals surface area contributed by atoms with Crippen LogP contribution in [0.4, 0.5) is 5.13 Å². The molecule has 0 amide bonds. The van der Waals surface area contributed by atoms with Crippen LogP contribution in [-0.4, -0.2) is 33.5 Å². The zero-order valence-corrected chi connectivity index (χ0v) is 12.5. The summed E-state index contributed by atoms with van der Waals surface area (Å²) < 4.78 is 4.33. The largest absolute Gasteiger partial charge is 0.481 e. The van der Waals surface area contributed by atoms with E-state index in [4.69, 9.17) is 0 Å². The normalized spacial score (nSPS) is 23.3. The number of nitrogens with zero attached hydrogens (tertiary/aromatic N) is 3. The van der Waals surface area contributed by atoms with Crippen LogP contribution < -0.4 is 4.90 Å². The van der Waals surface area contributed by atoms with Crippen LogP contribution in [0.5, 0.6) is 0 Å². The first-order valence-corrected chi connectivity index (χ1v) is 7.58. The fourth-order valence-corrected chi connectivity index (χ4v) is 3.32. The van der Waals surface area contributed by atoms with Crippen LogP contribution in [0.15, 0.2) is 0 Å². The minimum absolute atomic E-state index is 0.123. The number of carboxylic acids is 1. The third-order valence-corrected chi connectivity index (χ3v) is 4.85. The Kier molecular flexibility index (Phi) is 4.08. The zero-order chi connectivity index (χ0) is 14.0. The van der Waals surface area contributed by atoms with E-state index in [0.29, 0.717) is 13.0 Å². The summed E-state index contributed by atoms with van der Waals surface area (Å²) in [6.45, 7) is 7.37. The van der Waals surface area contributed by atoms with Crippen molar-refractivity contribution in [1.82, 2.24) is 9.36 Å². The highest BCUT2D eigenvalue weighted by Crippen LogP contribution is 2.40. The fourth-order valence-electron chi connectivity index (χ4n) is 2.59. The van der Waals surface area contributed by atoms with Gasteiger partial charge in [-0.1, -0.05) is 20.8 Å². The maximum Gasteiger partial charge on any atom is 0.311 e. The van der Waals surface area contributed by atoms with Gasteiger partial charge in [0.1, 0.15) is 5.82 Å². The molecule has 1 unspecified atom stereocenters. The lowest BCUT2D eigenvalue weighted by atomic mass is 9.76. The highest BCUT2D eigenvalue weighted by atomic mass is 32.1. The van der Waals surface area contributed by atoms with Gasteiger partial charge in [-0.2, -0.15) is 4.37 Å². The smallest absolute Gasteiger partial charge is 0.311 e. The number of carbonyl (C=O) groups is 1. The van der Waals surface area contributed by atoms with Crippen LogP contribution >= 0.6 is 11.5 Å². The Balaban J connectivity index is 2.14. The van der Waals surface area contributed by atoms with E-state index in [0.717, 1.165) is 30.3 Å². The summed E-state index contributed by atoms with van der Waals surface area (Å²) in [5.74, 6) is 0.307. The van der Waals surface area contributed by atoms with Crippen molar-refractivity contribution < 1.29 is 9.90 Å². The van der Waals surface area contributed by atoms with Gasteiger partial charge < -0.3 is 10.0 Å². The van der Waals surface area contributed by atoms with Crippen LogP contribution in [0.3, 0.4) is 0 Å². The minimum Gasteiger partial charge on any atom is -0.481 e. The molecule has 2 rings (SSSR count). The van der Waals surface area contributed by atoms with E-state index in [1.807, 2.05) is 13.8 Å². The van der Waals surface area contributed by atoms with Gasteiger partial charge in [0.2, 0.25) is 5.13 Å². The quantitative estimate of drug-likeness (QED) is 0.899. The van der Waals surface area contributed by atoms with Crippen LogP contribution in [0.25, 0.3) is 0 Å². The van der Waals surface area contributed by atoms with E-state index < -0.39 is 11.4 Å². The Bertz CT molecular complexity index is 460. The van der Waals surface area contributed by atoms with E-state index in [2.05, 4.69) is 21.2 Å². The number of aromatic nitrogens is 2. The van der Waals surface area contributed by atoms with Gasteiger partial charge in [-0.3, -0.25) is 4.79 Å². The Morgan fingerprint density at radius 2 is 2.32 bits per heavy atom. The van der Waals surface area contributed by atoms with Gasteiger partial charge in [0.25, 0.3) is 0 Å². The number of aliphatic carboxylic acids is 1. The predicted octanol–water partition coefficient (Wildman–Crippen LogP) is 2.43. The van der Waals surface area contributed by atoms with E-state index >= 15 is 0 Å². The number of carboxylic acid groups (broad SMARTS) is 1. The lowest BCUT2D eigenvalue weighted by Crippen LogP contribution is -2.39. The van der Waals surface area contributed by atoms with E-state index in [9.17, 15) is 9.90 Å². The van der Waals surface area contributed by atoms with E-state index in [-0.39, 0.29) is 5.92 Å². The molecule has 0 saturated carbocycles. The highest BCUT2D eigenvalue weighted by Gasteiger charge is 2.47. The summed E-state index contributed by atoms with van der Waals surface area (Å²) in [6.07, 6.45) is 2.60. The molecule has 1 saturated heterocycles. The molecule has 6 heteroatoms. The van der Waals surface area contributed by atoms with Crippen molar-refractivity contribution in [2.75, 3.05) is 18.0 Å². The topological polar surface area (TPSA) is 66.3 Å². The summed E-state index contributed by atoms with van der Waals surface area (Å²) in [6, 6.07) is 0. The van der Waals surface area contributed by atoms with Crippen LogP contribution in [0, 0.1) is 11.3 Å². The molecule has 1 aromatic heterocycles. The molecule has 5 nitrogen and oxygen atoms in total. The van der Waals surface area contributed by atoms with Crippen molar-refractivity contribution in [2.45, 2.75) is 40.0 Å². The molecular weight excluding hydrogens is 262 g/mol. The minimum atomic E-state index is -0.691. The standard InChI is InChI=1S/C13H21N3O2S/c1-4-5-10-14-12(19-15-10)16-7-6-13(8-16,9(2)3)11(17)18/h9H,4-8H2,1-3H3,(H,17,18). The second kappa shape index (κ2) is 5.45. The molecular formula is C13H21N3O2S. The molecule has 1 N–H and O–H groups in total. The first-order chi connectivity index (χ1) is 8.99. The maximum absolute atomic E-state index is 11.6. The summed E-state index contributed by atoms with van der Waals surface area (Å²) in [5, 5.41) is 10.4. The summed E-state index contributed by atoms with van der Waals surface area (Å²) in [7, 11) is 0. The summed E-state index contributed by atoms with van der Waals surface area (Å²) in [4.78, 5) is 18.2. The van der Waals surface area contributed by atoms with Gasteiger partial charge in [-0.05, 0) is 18.8 Å². The van der Waals surface area contributed by atoms with Crippen molar-refractivity contribution in [2.24, 2.45) is 11.3 Å². The first-order valence-electron chi connectivity index (χ1n) is 6.80. The molecule has 1 aromatic rings. The molecule has 0 bridgehead atoms. The number of hydrogen-bond donors (Lipinski definition) is 1. The van der Waals surface area contributed by atoms with Crippen molar-refractivity contribution in [3.05, 3.63) is 5.82 Å². The number of aryl methyl sites for hydroxylation is 1. The zero-order valence-electron chi connectivity index (χ0n) is 11.7. The average Bonchev–Trinajstić information content (AvgIpc) is 2.95. The van der Waals surface area contributed by atoms with Crippen LogP contribution in [0.2, 0.25) is 0 Å². The molecule has 2 heterocycles. The van der Waals surface area contributed by atoms with Gasteiger partial charge >= 0.3 is 5.97 Å². The van der Waals surface area contributed by atoms with Crippen molar-refractivity contribution in [3.63, 3.8) is 0 Å². The molecule has 0 radical (unpaired) electrons. The lowest BCUT2D eigenvalue weighted by Gasteiger charge is -2.28. The molecule has 1 fully saturated rings. The average molecular weight is 283 g/mol. The summed E-state index contributed by atoms with van der Waals surface area (Å²) >= 11 is 1.38. The van der Waals surface area contributed by atoms with Gasteiger partial charge in [0.15, 0.2) is 0 Å². The molecule has 1 aliphatic heterocycles. The molecule has 106 valence electrons. The number of hydrogen-bond acceptors (Lipinski definition) is 5. The first kappa shape index (κ1) is 14.2. The van der Waals surface area contributed by atoms with Crippen LogP contribution in [-0.2, 0) is 11.2 Å².